The molecule has 8 nitrogen and oxygen atoms in total. The number of benzene rings is 1. The van der Waals surface area contributed by atoms with Crippen LogP contribution < -0.4 is 5.32 Å². The summed E-state index contributed by atoms with van der Waals surface area (Å²) in [5, 5.41) is 6.90. The number of nitrogens with one attached hydrogen (secondary N) is 1. The molecule has 9 heteroatoms. The molecule has 0 radical (unpaired) electrons. The van der Waals surface area contributed by atoms with Crippen molar-refractivity contribution in [3.05, 3.63) is 77.4 Å². The van der Waals surface area contributed by atoms with Gasteiger partial charge in [0.15, 0.2) is 5.76 Å². The first-order chi connectivity index (χ1) is 15.4. The second-order valence-electron chi connectivity index (χ2n) is 7.99. The molecule has 1 saturated heterocycles. The first-order valence-corrected chi connectivity index (χ1v) is 12.0. The molecule has 2 aromatic heterocycles. The molecule has 1 aliphatic rings. The Morgan fingerprint density at radius 2 is 1.81 bits per heavy atom. The molecular formula is C23H26N4O4S. The largest absolute Gasteiger partial charge is 0.360 e. The van der Waals surface area contributed by atoms with Gasteiger partial charge in [0.05, 0.1) is 12.0 Å². The Morgan fingerprint density at radius 1 is 1.12 bits per heavy atom. The van der Waals surface area contributed by atoms with Crippen LogP contribution in [0.4, 0.5) is 0 Å². The Labute approximate surface area is 187 Å². The zero-order valence-corrected chi connectivity index (χ0v) is 18.9. The van der Waals surface area contributed by atoms with Gasteiger partial charge in [0.25, 0.3) is 0 Å². The molecule has 1 fully saturated rings. The van der Waals surface area contributed by atoms with Gasteiger partial charge in [-0.15, -0.1) is 0 Å². The van der Waals surface area contributed by atoms with Gasteiger partial charge >= 0.3 is 0 Å². The van der Waals surface area contributed by atoms with E-state index in [1.165, 1.54) is 4.31 Å². The first kappa shape index (κ1) is 22.2. The van der Waals surface area contributed by atoms with Crippen molar-refractivity contribution < 1.29 is 17.7 Å². The molecular weight excluding hydrogens is 428 g/mol. The van der Waals surface area contributed by atoms with E-state index in [4.69, 9.17) is 4.52 Å². The fourth-order valence-electron chi connectivity index (χ4n) is 4.17. The van der Waals surface area contributed by atoms with Gasteiger partial charge in [0, 0.05) is 25.5 Å². The Balaban J connectivity index is 1.55. The van der Waals surface area contributed by atoms with Crippen molar-refractivity contribution in [2.24, 2.45) is 5.92 Å². The van der Waals surface area contributed by atoms with Gasteiger partial charge in [0.1, 0.15) is 10.6 Å². The van der Waals surface area contributed by atoms with Crippen LogP contribution in [0.2, 0.25) is 0 Å². The second-order valence-corrected chi connectivity index (χ2v) is 9.86. The Hall–Kier alpha value is -3.04. The maximum atomic E-state index is 13.3. The van der Waals surface area contributed by atoms with Gasteiger partial charge in [-0.05, 0) is 49.9 Å². The van der Waals surface area contributed by atoms with Crippen LogP contribution in [0.25, 0.3) is 0 Å². The SMILES string of the molecule is Cc1noc(C)c1S(=O)(=O)N1CCCC(C(=O)NC(c2ccccc2)c2ccncc2)C1. The van der Waals surface area contributed by atoms with Crippen molar-refractivity contribution in [1.82, 2.24) is 19.8 Å². The molecule has 0 saturated carbocycles. The second kappa shape index (κ2) is 9.22. The molecule has 1 N–H and O–H groups in total. The molecule has 4 rings (SSSR count). The highest BCUT2D eigenvalue weighted by Crippen LogP contribution is 2.29. The maximum Gasteiger partial charge on any atom is 0.248 e. The number of pyridine rings is 1. The number of hydrogen-bond donors (Lipinski definition) is 1. The van der Waals surface area contributed by atoms with Gasteiger partial charge in [-0.3, -0.25) is 9.78 Å². The fraction of sp³-hybridized carbons (Fsp3) is 0.348. The number of amides is 1. The summed E-state index contributed by atoms with van der Waals surface area (Å²) in [7, 11) is -3.79. The number of sulfonamides is 1. The van der Waals surface area contributed by atoms with Crippen LogP contribution in [0.3, 0.4) is 0 Å². The lowest BCUT2D eigenvalue weighted by atomic mass is 9.95. The molecule has 3 aromatic rings. The van der Waals surface area contributed by atoms with Crippen molar-refractivity contribution in [2.75, 3.05) is 13.1 Å². The quantitative estimate of drug-likeness (QED) is 0.614. The van der Waals surface area contributed by atoms with Crippen LogP contribution in [0.15, 0.2) is 64.3 Å². The van der Waals surface area contributed by atoms with Crippen molar-refractivity contribution in [1.29, 1.82) is 0 Å². The van der Waals surface area contributed by atoms with Crippen LogP contribution in [-0.4, -0.2) is 41.9 Å². The lowest BCUT2D eigenvalue weighted by molar-refractivity contribution is -0.126. The minimum atomic E-state index is -3.79. The summed E-state index contributed by atoms with van der Waals surface area (Å²) in [5.74, 6) is -0.364. The van der Waals surface area contributed by atoms with Crippen LogP contribution in [0, 0.1) is 19.8 Å². The van der Waals surface area contributed by atoms with E-state index in [0.29, 0.717) is 25.1 Å². The summed E-state index contributed by atoms with van der Waals surface area (Å²) in [6.07, 6.45) is 4.61. The molecule has 32 heavy (non-hydrogen) atoms. The zero-order valence-electron chi connectivity index (χ0n) is 18.1. The van der Waals surface area contributed by atoms with Crippen molar-refractivity contribution in [3.8, 4) is 0 Å². The minimum absolute atomic E-state index is 0.0949. The van der Waals surface area contributed by atoms with E-state index in [0.717, 1.165) is 11.1 Å². The van der Waals surface area contributed by atoms with E-state index in [-0.39, 0.29) is 29.1 Å². The number of carbonyl (C=O) groups excluding carboxylic acids is 1. The fourth-order valence-corrected chi connectivity index (χ4v) is 5.98. The molecule has 2 atom stereocenters. The number of aryl methyl sites for hydroxylation is 2. The van der Waals surface area contributed by atoms with Crippen molar-refractivity contribution in [3.63, 3.8) is 0 Å². The third-order valence-corrected chi connectivity index (χ3v) is 7.89. The smallest absolute Gasteiger partial charge is 0.248 e. The Bertz CT molecular complexity index is 1120. The molecule has 0 spiro atoms. The van der Waals surface area contributed by atoms with Crippen LogP contribution in [0.1, 0.15) is 41.5 Å². The summed E-state index contributed by atoms with van der Waals surface area (Å²) in [5.41, 5.74) is 2.19. The van der Waals surface area contributed by atoms with Crippen LogP contribution >= 0.6 is 0 Å². The number of aromatic nitrogens is 2. The van der Waals surface area contributed by atoms with E-state index < -0.39 is 15.9 Å². The van der Waals surface area contributed by atoms with Gasteiger partial charge in [-0.1, -0.05) is 35.5 Å². The third-order valence-electron chi connectivity index (χ3n) is 5.78. The Kier molecular flexibility index (Phi) is 6.38. The normalized spacial score (nSPS) is 18.2. The molecule has 1 amide bonds. The summed E-state index contributed by atoms with van der Waals surface area (Å²) >= 11 is 0. The molecule has 168 valence electrons. The molecule has 0 aliphatic carbocycles. The average molecular weight is 455 g/mol. The van der Waals surface area contributed by atoms with Crippen LogP contribution in [-0.2, 0) is 14.8 Å². The summed E-state index contributed by atoms with van der Waals surface area (Å²) in [6, 6.07) is 13.1. The van der Waals surface area contributed by atoms with E-state index in [2.05, 4.69) is 15.5 Å². The predicted molar refractivity (Wildman–Crippen MR) is 118 cm³/mol. The monoisotopic (exact) mass is 454 g/mol. The predicted octanol–water partition coefficient (Wildman–Crippen LogP) is 2.99. The molecule has 2 unspecified atom stereocenters. The van der Waals surface area contributed by atoms with Gasteiger partial charge < -0.3 is 9.84 Å². The molecule has 3 heterocycles. The lowest BCUT2D eigenvalue weighted by Gasteiger charge is -2.32. The summed E-state index contributed by atoms with van der Waals surface area (Å²) in [6.45, 7) is 3.68. The highest BCUT2D eigenvalue weighted by Gasteiger charge is 2.37. The van der Waals surface area contributed by atoms with Crippen LogP contribution in [0.5, 0.6) is 0 Å². The topological polar surface area (TPSA) is 105 Å². The number of nitrogens with zero attached hydrogens (tertiary/aromatic N) is 3. The van der Waals surface area contributed by atoms with Gasteiger partial charge in [0.2, 0.25) is 15.9 Å². The van der Waals surface area contributed by atoms with E-state index in [9.17, 15) is 13.2 Å². The summed E-state index contributed by atoms with van der Waals surface area (Å²) < 4.78 is 32.9. The van der Waals surface area contributed by atoms with E-state index >= 15 is 0 Å². The van der Waals surface area contributed by atoms with Gasteiger partial charge in [-0.25, -0.2) is 8.42 Å². The van der Waals surface area contributed by atoms with Gasteiger partial charge in [-0.2, -0.15) is 4.31 Å². The Morgan fingerprint density at radius 3 is 2.47 bits per heavy atom. The van der Waals surface area contributed by atoms with E-state index in [1.807, 2.05) is 42.5 Å². The number of rotatable bonds is 6. The minimum Gasteiger partial charge on any atom is -0.360 e. The highest BCUT2D eigenvalue weighted by molar-refractivity contribution is 7.89. The standard InChI is InChI=1S/C23H26N4O4S/c1-16-22(17(2)31-26-16)32(29,30)27-14-6-9-20(15-27)23(28)25-21(18-7-4-3-5-8-18)19-10-12-24-13-11-19/h3-5,7-8,10-13,20-21H,6,9,14-15H2,1-2H3,(H,25,28). The molecule has 0 bridgehead atoms. The lowest BCUT2D eigenvalue weighted by Crippen LogP contribution is -2.46. The zero-order chi connectivity index (χ0) is 22.7. The first-order valence-electron chi connectivity index (χ1n) is 10.6. The number of hydrogen-bond acceptors (Lipinski definition) is 6. The molecule has 1 aromatic carbocycles. The van der Waals surface area contributed by atoms with E-state index in [1.54, 1.807) is 26.2 Å². The van der Waals surface area contributed by atoms with Crippen molar-refractivity contribution in [2.45, 2.75) is 37.6 Å². The highest BCUT2D eigenvalue weighted by atomic mass is 32.2. The third kappa shape index (κ3) is 4.44. The number of piperidine rings is 1. The van der Waals surface area contributed by atoms with Crippen molar-refractivity contribution >= 4 is 15.9 Å². The molecule has 1 aliphatic heterocycles. The summed E-state index contributed by atoms with van der Waals surface area (Å²) in [4.78, 5) is 17.4. The average Bonchev–Trinajstić information content (AvgIpc) is 3.17. The number of carbonyl (C=O) groups is 1. The maximum absolute atomic E-state index is 13.3.